The molecule has 4 aromatic rings. The third kappa shape index (κ3) is 6.13. The number of amides is 1. The van der Waals surface area contributed by atoms with Crippen molar-refractivity contribution in [1.29, 1.82) is 0 Å². The fourth-order valence-electron chi connectivity index (χ4n) is 4.05. The summed E-state index contributed by atoms with van der Waals surface area (Å²) in [6.45, 7) is 2.85. The fraction of sp³-hybridized carbons (Fsp3) is 0.250. The van der Waals surface area contributed by atoms with Gasteiger partial charge in [-0.3, -0.25) is 14.3 Å². The van der Waals surface area contributed by atoms with Crippen LogP contribution in [0.3, 0.4) is 0 Å². The second-order valence-corrected chi connectivity index (χ2v) is 8.67. The molecule has 9 heteroatoms. The Morgan fingerprint density at radius 1 is 1.03 bits per heavy atom. The van der Waals surface area contributed by atoms with Gasteiger partial charge in [-0.2, -0.15) is 5.10 Å². The normalized spacial score (nSPS) is 10.9. The molecule has 0 saturated carbocycles. The highest BCUT2D eigenvalue weighted by atomic mass is 19.1. The smallest absolute Gasteiger partial charge is 0.255 e. The minimum absolute atomic E-state index is 0.00483. The van der Waals surface area contributed by atoms with Crippen LogP contribution in [0.15, 0.2) is 71.8 Å². The number of aryl methyl sites for hydroxylation is 1. The van der Waals surface area contributed by atoms with E-state index in [4.69, 9.17) is 9.47 Å². The van der Waals surface area contributed by atoms with Crippen LogP contribution in [0.1, 0.15) is 38.3 Å². The monoisotopic (exact) mass is 504 g/mol. The maximum Gasteiger partial charge on any atom is 0.255 e. The number of aromatic nitrogens is 3. The minimum Gasteiger partial charge on any atom is -0.493 e. The molecule has 0 aliphatic rings. The van der Waals surface area contributed by atoms with Crippen molar-refractivity contribution in [2.24, 2.45) is 0 Å². The fourth-order valence-corrected chi connectivity index (χ4v) is 4.05. The van der Waals surface area contributed by atoms with Gasteiger partial charge in [0.15, 0.2) is 11.6 Å². The molecule has 0 bridgehead atoms. The van der Waals surface area contributed by atoms with E-state index in [1.54, 1.807) is 46.8 Å². The molecule has 0 fully saturated rings. The molecular weight excluding hydrogens is 475 g/mol. The van der Waals surface area contributed by atoms with E-state index in [9.17, 15) is 14.0 Å². The summed E-state index contributed by atoms with van der Waals surface area (Å²) < 4.78 is 28.3. The van der Waals surface area contributed by atoms with Gasteiger partial charge in [0.25, 0.3) is 11.5 Å². The number of nitrogens with zero attached hydrogens (tertiary/aromatic N) is 3. The molecule has 37 heavy (non-hydrogen) atoms. The number of carbonyl (C=O) groups is 1. The lowest BCUT2D eigenvalue weighted by atomic mass is 10.1. The molecule has 0 unspecified atom stereocenters. The van der Waals surface area contributed by atoms with Crippen molar-refractivity contribution in [3.05, 3.63) is 117 Å². The first-order valence-electron chi connectivity index (χ1n) is 11.8. The summed E-state index contributed by atoms with van der Waals surface area (Å²) in [5.74, 6) is -0.696. The van der Waals surface area contributed by atoms with Crippen molar-refractivity contribution in [3.63, 3.8) is 0 Å². The third-order valence-corrected chi connectivity index (χ3v) is 6.00. The Hall–Kier alpha value is -4.24. The Labute approximate surface area is 214 Å². The average molecular weight is 505 g/mol. The second kappa shape index (κ2) is 11.7. The molecule has 0 atom stereocenters. The molecule has 2 aromatic carbocycles. The molecule has 4 rings (SSSR count). The average Bonchev–Trinajstić information content (AvgIpc) is 3.28. The summed E-state index contributed by atoms with van der Waals surface area (Å²) in [6.07, 6.45) is 3.42. The topological polar surface area (TPSA) is 87.4 Å². The molecule has 0 aliphatic heterocycles. The number of nitrogens with one attached hydrogen (secondary N) is 1. The number of halogens is 1. The SMILES string of the molecule is COCc1nn(Cc2ccc(Cn3ccccc3=O)cc2)cc1C(=O)NCc1ccc(C)c(OC)c1F. The summed E-state index contributed by atoms with van der Waals surface area (Å²) in [5, 5.41) is 7.29. The van der Waals surface area contributed by atoms with Crippen LogP contribution in [0.5, 0.6) is 5.75 Å². The molecular formula is C28H29FN4O4. The Bertz CT molecular complexity index is 1440. The first-order valence-corrected chi connectivity index (χ1v) is 11.8. The minimum atomic E-state index is -0.490. The number of ether oxygens (including phenoxy) is 2. The van der Waals surface area contributed by atoms with Crippen LogP contribution >= 0.6 is 0 Å². The Kier molecular flexibility index (Phi) is 8.15. The Morgan fingerprint density at radius 3 is 2.43 bits per heavy atom. The molecule has 2 heterocycles. The van der Waals surface area contributed by atoms with E-state index in [1.807, 2.05) is 30.3 Å². The van der Waals surface area contributed by atoms with Crippen molar-refractivity contribution in [2.45, 2.75) is 33.2 Å². The van der Waals surface area contributed by atoms with Crippen LogP contribution in [-0.4, -0.2) is 34.5 Å². The van der Waals surface area contributed by atoms with Crippen molar-refractivity contribution in [1.82, 2.24) is 19.7 Å². The zero-order valence-corrected chi connectivity index (χ0v) is 21.0. The standard InChI is InChI=1S/C28H29FN4O4/c1-19-7-12-22(26(29)27(19)37-3)14-30-28(35)23-17-33(31-24(23)18-36-2)16-21-10-8-20(9-11-21)15-32-13-5-4-6-25(32)34/h4-13,17H,14-16,18H2,1-3H3,(H,30,35). The summed E-state index contributed by atoms with van der Waals surface area (Å²) in [7, 11) is 2.95. The van der Waals surface area contributed by atoms with Crippen LogP contribution < -0.4 is 15.6 Å². The summed E-state index contributed by atoms with van der Waals surface area (Å²) in [5.41, 5.74) is 3.79. The van der Waals surface area contributed by atoms with E-state index in [1.165, 1.54) is 20.3 Å². The van der Waals surface area contributed by atoms with Crippen LogP contribution in [0.4, 0.5) is 4.39 Å². The van der Waals surface area contributed by atoms with Crippen LogP contribution in [0.2, 0.25) is 0 Å². The largest absolute Gasteiger partial charge is 0.493 e. The van der Waals surface area contributed by atoms with E-state index in [2.05, 4.69) is 10.4 Å². The summed E-state index contributed by atoms with van der Waals surface area (Å²) in [6, 6.07) is 16.3. The zero-order chi connectivity index (χ0) is 26.4. The van der Waals surface area contributed by atoms with E-state index in [-0.39, 0.29) is 30.4 Å². The van der Waals surface area contributed by atoms with E-state index in [0.29, 0.717) is 35.5 Å². The lowest BCUT2D eigenvalue weighted by Crippen LogP contribution is -2.24. The van der Waals surface area contributed by atoms with Gasteiger partial charge in [-0.25, -0.2) is 4.39 Å². The highest BCUT2D eigenvalue weighted by Crippen LogP contribution is 2.25. The van der Waals surface area contributed by atoms with Crippen molar-refractivity contribution >= 4 is 5.91 Å². The predicted octanol–water partition coefficient (Wildman–Crippen LogP) is 3.67. The van der Waals surface area contributed by atoms with Gasteiger partial charge in [-0.05, 0) is 29.7 Å². The highest BCUT2D eigenvalue weighted by molar-refractivity contribution is 5.95. The van der Waals surface area contributed by atoms with E-state index < -0.39 is 5.82 Å². The first kappa shape index (κ1) is 25.8. The molecule has 0 radical (unpaired) electrons. The molecule has 8 nitrogen and oxygen atoms in total. The molecule has 1 amide bonds. The van der Waals surface area contributed by atoms with Gasteiger partial charge in [-0.1, -0.05) is 42.5 Å². The number of hydrogen-bond donors (Lipinski definition) is 1. The Morgan fingerprint density at radius 2 is 1.76 bits per heavy atom. The number of rotatable bonds is 10. The number of pyridine rings is 1. The van der Waals surface area contributed by atoms with E-state index >= 15 is 0 Å². The molecule has 1 N–H and O–H groups in total. The van der Waals surface area contributed by atoms with Crippen LogP contribution in [-0.2, 0) is 31.0 Å². The number of methoxy groups -OCH3 is 2. The van der Waals surface area contributed by atoms with E-state index in [0.717, 1.165) is 11.1 Å². The maximum atomic E-state index is 14.7. The molecule has 192 valence electrons. The molecule has 0 spiro atoms. The molecule has 0 aliphatic carbocycles. The number of benzene rings is 2. The third-order valence-electron chi connectivity index (χ3n) is 6.00. The van der Waals surface area contributed by atoms with Gasteiger partial charge < -0.3 is 19.4 Å². The predicted molar refractivity (Wildman–Crippen MR) is 137 cm³/mol. The molecule has 2 aromatic heterocycles. The summed E-state index contributed by atoms with van der Waals surface area (Å²) >= 11 is 0. The van der Waals surface area contributed by atoms with Gasteiger partial charge in [-0.15, -0.1) is 0 Å². The van der Waals surface area contributed by atoms with Crippen LogP contribution in [0, 0.1) is 12.7 Å². The van der Waals surface area contributed by atoms with Crippen molar-refractivity contribution < 1.29 is 18.7 Å². The van der Waals surface area contributed by atoms with Gasteiger partial charge in [0, 0.05) is 37.7 Å². The van der Waals surface area contributed by atoms with Gasteiger partial charge in [0.1, 0.15) is 5.69 Å². The quantitative estimate of drug-likeness (QED) is 0.356. The van der Waals surface area contributed by atoms with Crippen LogP contribution in [0.25, 0.3) is 0 Å². The van der Waals surface area contributed by atoms with Crippen molar-refractivity contribution in [3.8, 4) is 5.75 Å². The lowest BCUT2D eigenvalue weighted by molar-refractivity contribution is 0.0945. The first-order chi connectivity index (χ1) is 17.9. The highest BCUT2D eigenvalue weighted by Gasteiger charge is 2.18. The molecule has 0 saturated heterocycles. The van der Waals surface area contributed by atoms with Gasteiger partial charge in [0.05, 0.1) is 32.4 Å². The second-order valence-electron chi connectivity index (χ2n) is 8.67. The Balaban J connectivity index is 1.45. The number of hydrogen-bond acceptors (Lipinski definition) is 5. The maximum absolute atomic E-state index is 14.7. The summed E-state index contributed by atoms with van der Waals surface area (Å²) in [4.78, 5) is 24.9. The van der Waals surface area contributed by atoms with Gasteiger partial charge >= 0.3 is 0 Å². The zero-order valence-electron chi connectivity index (χ0n) is 21.0. The lowest BCUT2D eigenvalue weighted by Gasteiger charge is -2.11. The number of carbonyl (C=O) groups excluding carboxylic acids is 1. The van der Waals surface area contributed by atoms with Gasteiger partial charge in [0.2, 0.25) is 0 Å². The van der Waals surface area contributed by atoms with Crippen molar-refractivity contribution in [2.75, 3.05) is 14.2 Å².